The van der Waals surface area contributed by atoms with Gasteiger partial charge in [-0.05, 0) is 31.0 Å². The van der Waals surface area contributed by atoms with Gasteiger partial charge in [0, 0.05) is 10.7 Å². The molecule has 0 atom stereocenters. The van der Waals surface area contributed by atoms with E-state index in [-0.39, 0.29) is 0 Å². The maximum Gasteiger partial charge on any atom is 0.326 e. The molecule has 0 aliphatic carbocycles. The molecule has 9 heteroatoms. The molecule has 28 heavy (non-hydrogen) atoms. The number of imide groups is 1. The number of halogens is 1. The van der Waals surface area contributed by atoms with E-state index < -0.39 is 42.5 Å². The van der Waals surface area contributed by atoms with Gasteiger partial charge in [-0.1, -0.05) is 44.4 Å². The third-order valence-corrected chi connectivity index (χ3v) is 4.59. The second kappa shape index (κ2) is 9.54. The monoisotopic (exact) mass is 409 g/mol. The van der Waals surface area contributed by atoms with Crippen LogP contribution < -0.4 is 10.6 Å². The first-order valence-electron chi connectivity index (χ1n) is 9.16. The average Bonchev–Trinajstić information content (AvgIpc) is 2.85. The van der Waals surface area contributed by atoms with Crippen molar-refractivity contribution in [3.8, 4) is 0 Å². The summed E-state index contributed by atoms with van der Waals surface area (Å²) in [6.07, 6.45) is 2.43. The molecule has 1 aliphatic rings. The zero-order valence-electron chi connectivity index (χ0n) is 15.9. The summed E-state index contributed by atoms with van der Waals surface area (Å²) >= 11 is 5.83. The fourth-order valence-corrected chi connectivity index (χ4v) is 3.41. The molecule has 0 saturated carbocycles. The molecule has 1 saturated heterocycles. The van der Waals surface area contributed by atoms with Crippen molar-refractivity contribution in [2.45, 2.75) is 45.1 Å². The van der Waals surface area contributed by atoms with Crippen molar-refractivity contribution in [2.24, 2.45) is 0 Å². The molecule has 8 nitrogen and oxygen atoms in total. The lowest BCUT2D eigenvalue weighted by molar-refractivity contribution is -0.150. The molecule has 1 aromatic rings. The summed E-state index contributed by atoms with van der Waals surface area (Å²) in [7, 11) is 0. The van der Waals surface area contributed by atoms with Gasteiger partial charge in [0.25, 0.3) is 11.8 Å². The zero-order valence-corrected chi connectivity index (χ0v) is 16.7. The lowest BCUT2D eigenvalue weighted by atomic mass is 9.88. The van der Waals surface area contributed by atoms with Crippen molar-refractivity contribution in [3.05, 3.63) is 29.3 Å². The number of hydrogen-bond donors (Lipinski definition) is 2. The molecule has 1 aromatic carbocycles. The zero-order chi connectivity index (χ0) is 20.7. The minimum absolute atomic E-state index is 0.429. The molecule has 1 fully saturated rings. The Morgan fingerprint density at radius 2 is 1.89 bits per heavy atom. The van der Waals surface area contributed by atoms with Crippen LogP contribution in [0, 0.1) is 0 Å². The topological polar surface area (TPSA) is 105 Å². The van der Waals surface area contributed by atoms with Gasteiger partial charge in [-0.3, -0.25) is 19.3 Å². The van der Waals surface area contributed by atoms with Crippen molar-refractivity contribution in [1.29, 1.82) is 0 Å². The van der Waals surface area contributed by atoms with Crippen molar-refractivity contribution in [3.63, 3.8) is 0 Å². The predicted octanol–water partition coefficient (Wildman–Crippen LogP) is 2.71. The third-order valence-electron chi connectivity index (χ3n) is 4.36. The molecule has 2 N–H and O–H groups in total. The summed E-state index contributed by atoms with van der Waals surface area (Å²) in [5.41, 5.74) is -0.503. The number of nitrogens with zero attached hydrogens (tertiary/aromatic N) is 1. The van der Waals surface area contributed by atoms with Crippen molar-refractivity contribution in [1.82, 2.24) is 10.2 Å². The summed E-state index contributed by atoms with van der Waals surface area (Å²) in [6, 6.07) is 5.90. The average molecular weight is 410 g/mol. The summed E-state index contributed by atoms with van der Waals surface area (Å²) < 4.78 is 4.90. The maximum atomic E-state index is 12.7. The highest BCUT2D eigenvalue weighted by molar-refractivity contribution is 6.30. The minimum atomic E-state index is -0.967. The van der Waals surface area contributed by atoms with E-state index in [4.69, 9.17) is 16.3 Å². The Morgan fingerprint density at radius 3 is 2.50 bits per heavy atom. The SMILES string of the molecule is CCCC1(CCC)NC(=O)N(CC(=O)OCC(=O)Nc2cccc(Cl)c2)C1=O. The van der Waals surface area contributed by atoms with Gasteiger partial charge in [0.2, 0.25) is 0 Å². The molecule has 2 rings (SSSR count). The van der Waals surface area contributed by atoms with Gasteiger partial charge < -0.3 is 15.4 Å². The van der Waals surface area contributed by atoms with Gasteiger partial charge in [-0.25, -0.2) is 4.79 Å². The number of carbonyl (C=O) groups is 4. The number of amides is 4. The first kappa shape index (κ1) is 21.7. The van der Waals surface area contributed by atoms with Gasteiger partial charge in [0.05, 0.1) is 0 Å². The van der Waals surface area contributed by atoms with E-state index in [0.717, 1.165) is 4.90 Å². The highest BCUT2D eigenvalue weighted by Crippen LogP contribution is 2.27. The van der Waals surface area contributed by atoms with Gasteiger partial charge >= 0.3 is 12.0 Å². The number of rotatable bonds is 9. The number of carbonyl (C=O) groups excluding carboxylic acids is 4. The third kappa shape index (κ3) is 5.22. The van der Waals surface area contributed by atoms with Gasteiger partial charge in [-0.15, -0.1) is 0 Å². The summed E-state index contributed by atoms with van der Waals surface area (Å²) in [5.74, 6) is -1.82. The van der Waals surface area contributed by atoms with E-state index in [1.165, 1.54) is 0 Å². The van der Waals surface area contributed by atoms with Crippen molar-refractivity contribution < 1.29 is 23.9 Å². The van der Waals surface area contributed by atoms with E-state index in [2.05, 4.69) is 10.6 Å². The number of esters is 1. The number of anilines is 1. The molecular weight excluding hydrogens is 386 g/mol. The Bertz CT molecular complexity index is 762. The normalized spacial score (nSPS) is 15.3. The van der Waals surface area contributed by atoms with E-state index in [1.54, 1.807) is 24.3 Å². The van der Waals surface area contributed by atoms with Crippen molar-refractivity contribution >= 4 is 41.1 Å². The Balaban J connectivity index is 1.89. The highest BCUT2D eigenvalue weighted by Gasteiger charge is 2.50. The number of benzene rings is 1. The Morgan fingerprint density at radius 1 is 1.21 bits per heavy atom. The summed E-state index contributed by atoms with van der Waals surface area (Å²) in [6.45, 7) is 2.77. The molecule has 4 amide bonds. The fourth-order valence-electron chi connectivity index (χ4n) is 3.22. The molecule has 0 bridgehead atoms. The van der Waals surface area contributed by atoms with Gasteiger partial charge in [0.1, 0.15) is 12.1 Å². The first-order valence-corrected chi connectivity index (χ1v) is 9.54. The molecule has 1 heterocycles. The maximum absolute atomic E-state index is 12.7. The lowest BCUT2D eigenvalue weighted by Gasteiger charge is -2.25. The molecule has 0 radical (unpaired) electrons. The molecular formula is C19H24ClN3O5. The van der Waals surface area contributed by atoms with E-state index in [9.17, 15) is 19.2 Å². The van der Waals surface area contributed by atoms with Gasteiger partial charge in [-0.2, -0.15) is 0 Å². The summed E-state index contributed by atoms with van der Waals surface area (Å²) in [4.78, 5) is 49.7. The number of urea groups is 1. The van der Waals surface area contributed by atoms with Crippen LogP contribution in [-0.4, -0.2) is 47.4 Å². The van der Waals surface area contributed by atoms with E-state index >= 15 is 0 Å². The van der Waals surface area contributed by atoms with Crippen LogP contribution >= 0.6 is 11.6 Å². The summed E-state index contributed by atoms with van der Waals surface area (Å²) in [5, 5.41) is 5.71. The van der Waals surface area contributed by atoms with Crippen LogP contribution in [0.5, 0.6) is 0 Å². The van der Waals surface area contributed by atoms with Crippen LogP contribution in [0.4, 0.5) is 10.5 Å². The highest BCUT2D eigenvalue weighted by atomic mass is 35.5. The molecule has 1 aliphatic heterocycles. The smallest absolute Gasteiger partial charge is 0.326 e. The predicted molar refractivity (Wildman–Crippen MR) is 104 cm³/mol. The van der Waals surface area contributed by atoms with Crippen LogP contribution in [-0.2, 0) is 19.1 Å². The molecule has 0 aromatic heterocycles. The van der Waals surface area contributed by atoms with Crippen LogP contribution in [0.25, 0.3) is 0 Å². The number of ether oxygens (including phenoxy) is 1. The lowest BCUT2D eigenvalue weighted by Crippen LogP contribution is -2.47. The number of hydrogen-bond acceptors (Lipinski definition) is 5. The van der Waals surface area contributed by atoms with Crippen LogP contribution in [0.3, 0.4) is 0 Å². The number of nitrogens with one attached hydrogen (secondary N) is 2. The van der Waals surface area contributed by atoms with Crippen LogP contribution in [0.2, 0.25) is 5.02 Å². The molecule has 0 spiro atoms. The fraction of sp³-hybridized carbons (Fsp3) is 0.474. The molecule has 152 valence electrons. The van der Waals surface area contributed by atoms with Gasteiger partial charge in [0.15, 0.2) is 6.61 Å². The molecule has 0 unspecified atom stereocenters. The Kier molecular flexibility index (Phi) is 7.39. The standard InChI is InChI=1S/C19H24ClN3O5/c1-3-8-19(9-4-2)17(26)23(18(27)22-19)11-16(25)28-12-15(24)21-14-7-5-6-13(20)10-14/h5-7,10H,3-4,8-9,11-12H2,1-2H3,(H,21,24)(H,22,27). The van der Waals surface area contributed by atoms with E-state index in [0.29, 0.717) is 36.4 Å². The largest absolute Gasteiger partial charge is 0.454 e. The van der Waals surface area contributed by atoms with Crippen LogP contribution in [0.1, 0.15) is 39.5 Å². The Labute approximate surface area is 168 Å². The quantitative estimate of drug-likeness (QED) is 0.482. The van der Waals surface area contributed by atoms with E-state index in [1.807, 2.05) is 13.8 Å². The second-order valence-corrected chi connectivity index (χ2v) is 7.06. The minimum Gasteiger partial charge on any atom is -0.454 e. The van der Waals surface area contributed by atoms with Crippen LogP contribution in [0.15, 0.2) is 24.3 Å². The first-order chi connectivity index (χ1) is 13.3. The Hall–Kier alpha value is -2.61. The second-order valence-electron chi connectivity index (χ2n) is 6.62. The van der Waals surface area contributed by atoms with Crippen molar-refractivity contribution in [2.75, 3.05) is 18.5 Å².